The highest BCUT2D eigenvalue weighted by Crippen LogP contribution is 2.30. The third-order valence-corrected chi connectivity index (χ3v) is 2.02. The summed E-state index contributed by atoms with van der Waals surface area (Å²) in [5.41, 5.74) is -1.83. The van der Waals surface area contributed by atoms with Gasteiger partial charge in [0.25, 0.3) is 0 Å². The lowest BCUT2D eigenvalue weighted by molar-refractivity contribution is -0.137. The molecule has 18 heavy (non-hydrogen) atoms. The van der Waals surface area contributed by atoms with Gasteiger partial charge < -0.3 is 10.2 Å². The summed E-state index contributed by atoms with van der Waals surface area (Å²) in [4.78, 5) is 21.1. The van der Waals surface area contributed by atoms with E-state index < -0.39 is 29.2 Å². The van der Waals surface area contributed by atoms with Crippen LogP contribution in [0.5, 0.6) is 0 Å². The minimum absolute atomic E-state index is 0.113. The lowest BCUT2D eigenvalue weighted by atomic mass is 10.0. The van der Waals surface area contributed by atoms with Gasteiger partial charge in [0.2, 0.25) is 0 Å². The molecule has 0 atom stereocenters. The van der Waals surface area contributed by atoms with Crippen molar-refractivity contribution in [3.63, 3.8) is 0 Å². The van der Waals surface area contributed by atoms with Gasteiger partial charge in [-0.3, -0.25) is 0 Å². The number of carboxylic acid groups (broad SMARTS) is 2. The number of carbonyl (C=O) groups is 2. The average molecular weight is 260 g/mol. The molecule has 0 aliphatic carbocycles. The van der Waals surface area contributed by atoms with Gasteiger partial charge in [0.15, 0.2) is 0 Å². The predicted octanol–water partition coefficient (Wildman–Crippen LogP) is 2.50. The summed E-state index contributed by atoms with van der Waals surface area (Å²) < 4.78 is 37.1. The van der Waals surface area contributed by atoms with Gasteiger partial charge in [-0.15, -0.1) is 0 Å². The van der Waals surface area contributed by atoms with E-state index in [0.29, 0.717) is 18.2 Å². The van der Waals surface area contributed by atoms with Crippen LogP contribution in [-0.4, -0.2) is 22.2 Å². The molecular weight excluding hydrogens is 253 g/mol. The van der Waals surface area contributed by atoms with Crippen molar-refractivity contribution >= 4 is 18.0 Å². The van der Waals surface area contributed by atoms with Gasteiger partial charge in [0.1, 0.15) is 0 Å². The summed E-state index contributed by atoms with van der Waals surface area (Å²) in [5.74, 6) is -2.89. The molecule has 0 saturated carbocycles. The molecule has 0 aliphatic heterocycles. The topological polar surface area (TPSA) is 74.6 Å². The van der Waals surface area contributed by atoms with Crippen LogP contribution in [0.4, 0.5) is 13.2 Å². The highest BCUT2D eigenvalue weighted by Gasteiger charge is 2.31. The Kier molecular flexibility index (Phi) is 3.75. The van der Waals surface area contributed by atoms with E-state index in [2.05, 4.69) is 0 Å². The predicted molar refractivity (Wildman–Crippen MR) is 55.1 cm³/mol. The lowest BCUT2D eigenvalue weighted by Gasteiger charge is -2.09. The molecule has 96 valence electrons. The van der Waals surface area contributed by atoms with Crippen LogP contribution in [0.3, 0.4) is 0 Å². The minimum atomic E-state index is -4.65. The Bertz CT molecular complexity index is 518. The number of halogens is 3. The number of hydrogen-bond acceptors (Lipinski definition) is 2. The van der Waals surface area contributed by atoms with Crippen LogP contribution in [-0.2, 0) is 11.0 Å². The molecule has 0 saturated heterocycles. The zero-order valence-electron chi connectivity index (χ0n) is 8.73. The summed E-state index contributed by atoms with van der Waals surface area (Å²) in [6, 6.07) is 2.06. The van der Waals surface area contributed by atoms with Crippen LogP contribution in [0.25, 0.3) is 6.08 Å². The maximum absolute atomic E-state index is 12.4. The fourth-order valence-electron chi connectivity index (χ4n) is 1.22. The zero-order valence-corrected chi connectivity index (χ0v) is 8.73. The molecule has 0 bridgehead atoms. The molecule has 0 spiro atoms. The second-order valence-corrected chi connectivity index (χ2v) is 3.28. The number of aromatic carboxylic acids is 1. The standard InChI is InChI=1S/C11H7F3O4/c12-11(13,14)7-3-1-6(2-4-9(15)16)8(5-7)10(17)18/h1-5H,(H,15,16)(H,17,18). The molecule has 2 N–H and O–H groups in total. The molecule has 1 aromatic rings. The Labute approximate surface area is 99.0 Å². The highest BCUT2D eigenvalue weighted by molar-refractivity contribution is 5.94. The highest BCUT2D eigenvalue weighted by atomic mass is 19.4. The number of benzene rings is 1. The first-order valence-corrected chi connectivity index (χ1v) is 4.57. The summed E-state index contributed by atoms with van der Waals surface area (Å²) >= 11 is 0. The van der Waals surface area contributed by atoms with Gasteiger partial charge in [-0.2, -0.15) is 13.2 Å². The molecule has 0 aliphatic rings. The summed E-state index contributed by atoms with van der Waals surface area (Å²) in [5, 5.41) is 17.1. The summed E-state index contributed by atoms with van der Waals surface area (Å²) in [6.45, 7) is 0. The first-order chi connectivity index (χ1) is 8.21. The summed E-state index contributed by atoms with van der Waals surface area (Å²) in [7, 11) is 0. The number of rotatable bonds is 3. The quantitative estimate of drug-likeness (QED) is 0.819. The zero-order chi connectivity index (χ0) is 13.9. The lowest BCUT2D eigenvalue weighted by Crippen LogP contribution is -2.08. The third kappa shape index (κ3) is 3.34. The van der Waals surface area contributed by atoms with Crippen molar-refractivity contribution in [3.8, 4) is 0 Å². The van der Waals surface area contributed by atoms with Gasteiger partial charge in [-0.25, -0.2) is 9.59 Å². The Morgan fingerprint density at radius 3 is 2.22 bits per heavy atom. The van der Waals surface area contributed by atoms with Crippen molar-refractivity contribution in [1.29, 1.82) is 0 Å². The molecular formula is C11H7F3O4. The minimum Gasteiger partial charge on any atom is -0.478 e. The fraction of sp³-hybridized carbons (Fsp3) is 0.0909. The SMILES string of the molecule is O=C(O)C=Cc1ccc(C(F)(F)F)cc1C(=O)O. The van der Waals surface area contributed by atoms with Gasteiger partial charge in [-0.05, 0) is 23.8 Å². The van der Waals surface area contributed by atoms with E-state index in [1.807, 2.05) is 0 Å². The first-order valence-electron chi connectivity index (χ1n) is 4.57. The maximum Gasteiger partial charge on any atom is 0.416 e. The molecule has 1 aromatic carbocycles. The smallest absolute Gasteiger partial charge is 0.416 e. The van der Waals surface area contributed by atoms with Crippen molar-refractivity contribution in [3.05, 3.63) is 41.0 Å². The number of aliphatic carboxylic acids is 1. The Hall–Kier alpha value is -2.31. The van der Waals surface area contributed by atoms with Crippen molar-refractivity contribution in [2.24, 2.45) is 0 Å². The molecule has 0 unspecified atom stereocenters. The van der Waals surface area contributed by atoms with Crippen LogP contribution in [0.1, 0.15) is 21.5 Å². The molecule has 0 amide bonds. The van der Waals surface area contributed by atoms with Crippen molar-refractivity contribution < 1.29 is 33.0 Å². The van der Waals surface area contributed by atoms with Crippen molar-refractivity contribution in [2.45, 2.75) is 6.18 Å². The van der Waals surface area contributed by atoms with Gasteiger partial charge in [0, 0.05) is 6.08 Å². The first kappa shape index (κ1) is 13.8. The van der Waals surface area contributed by atoms with E-state index in [0.717, 1.165) is 12.1 Å². The van der Waals surface area contributed by atoms with E-state index in [1.54, 1.807) is 0 Å². The van der Waals surface area contributed by atoms with Crippen LogP contribution < -0.4 is 0 Å². The largest absolute Gasteiger partial charge is 0.478 e. The van der Waals surface area contributed by atoms with Crippen LogP contribution >= 0.6 is 0 Å². The Balaban J connectivity index is 3.30. The average Bonchev–Trinajstić information content (AvgIpc) is 2.24. The second kappa shape index (κ2) is 4.91. The Morgan fingerprint density at radius 1 is 1.17 bits per heavy atom. The normalized spacial score (nSPS) is 11.7. The van der Waals surface area contributed by atoms with E-state index >= 15 is 0 Å². The monoisotopic (exact) mass is 260 g/mol. The molecule has 1 rings (SSSR count). The van der Waals surface area contributed by atoms with Gasteiger partial charge in [-0.1, -0.05) is 6.07 Å². The van der Waals surface area contributed by atoms with E-state index in [4.69, 9.17) is 10.2 Å². The fourth-order valence-corrected chi connectivity index (χ4v) is 1.22. The van der Waals surface area contributed by atoms with Crippen LogP contribution in [0, 0.1) is 0 Å². The molecule has 7 heteroatoms. The van der Waals surface area contributed by atoms with Gasteiger partial charge in [0.05, 0.1) is 11.1 Å². The third-order valence-electron chi connectivity index (χ3n) is 2.02. The number of alkyl halides is 3. The van der Waals surface area contributed by atoms with E-state index in [9.17, 15) is 22.8 Å². The van der Waals surface area contributed by atoms with Crippen LogP contribution in [0.15, 0.2) is 24.3 Å². The molecule has 0 aromatic heterocycles. The van der Waals surface area contributed by atoms with E-state index in [-0.39, 0.29) is 5.56 Å². The number of carboxylic acids is 2. The maximum atomic E-state index is 12.4. The van der Waals surface area contributed by atoms with Gasteiger partial charge >= 0.3 is 18.1 Å². The number of hydrogen-bond donors (Lipinski definition) is 2. The molecule has 4 nitrogen and oxygen atoms in total. The van der Waals surface area contributed by atoms with Crippen LogP contribution in [0.2, 0.25) is 0 Å². The molecule has 0 radical (unpaired) electrons. The summed E-state index contributed by atoms with van der Waals surface area (Å²) in [6.07, 6.45) is -3.08. The molecule has 0 fully saturated rings. The second-order valence-electron chi connectivity index (χ2n) is 3.28. The van der Waals surface area contributed by atoms with E-state index in [1.165, 1.54) is 0 Å². The Morgan fingerprint density at radius 2 is 1.78 bits per heavy atom. The molecule has 0 heterocycles. The van der Waals surface area contributed by atoms with Crippen molar-refractivity contribution in [2.75, 3.05) is 0 Å². The van der Waals surface area contributed by atoms with Crippen molar-refractivity contribution in [1.82, 2.24) is 0 Å².